The highest BCUT2D eigenvalue weighted by Crippen LogP contribution is 2.42. The van der Waals surface area contributed by atoms with Gasteiger partial charge < -0.3 is 15.4 Å². The molecule has 4 heteroatoms. The third kappa shape index (κ3) is 3.59. The predicted octanol–water partition coefficient (Wildman–Crippen LogP) is 3.32. The van der Waals surface area contributed by atoms with Crippen molar-refractivity contribution < 1.29 is 9.53 Å². The summed E-state index contributed by atoms with van der Waals surface area (Å²) in [5.74, 6) is 0.193. The Bertz CT molecular complexity index is 579. The lowest BCUT2D eigenvalue weighted by Crippen LogP contribution is -2.43. The van der Waals surface area contributed by atoms with E-state index in [2.05, 4.69) is 32.9 Å². The Balaban J connectivity index is 2.52. The molecule has 23 heavy (non-hydrogen) atoms. The van der Waals surface area contributed by atoms with Crippen molar-refractivity contribution in [3.8, 4) is 0 Å². The summed E-state index contributed by atoms with van der Waals surface area (Å²) in [4.78, 5) is 14.6. The van der Waals surface area contributed by atoms with Gasteiger partial charge in [0.1, 0.15) is 0 Å². The molecular formula is C19H30N2O2. The van der Waals surface area contributed by atoms with Crippen molar-refractivity contribution in [1.82, 2.24) is 0 Å². The first kappa shape index (κ1) is 18.0. The van der Waals surface area contributed by atoms with Gasteiger partial charge in [0, 0.05) is 43.8 Å². The third-order valence-corrected chi connectivity index (χ3v) is 4.77. The van der Waals surface area contributed by atoms with Gasteiger partial charge in [-0.1, -0.05) is 26.8 Å². The molecule has 0 saturated heterocycles. The number of methoxy groups -OCH3 is 1. The molecule has 0 aliphatic carbocycles. The molecule has 0 saturated carbocycles. The molecule has 2 N–H and O–H groups in total. The second-order valence-corrected chi connectivity index (χ2v) is 7.16. The van der Waals surface area contributed by atoms with E-state index in [9.17, 15) is 4.79 Å². The molecule has 0 radical (unpaired) electrons. The van der Waals surface area contributed by atoms with Gasteiger partial charge in [0.25, 0.3) is 0 Å². The molecule has 1 atom stereocenters. The number of benzene rings is 1. The lowest BCUT2D eigenvalue weighted by Gasteiger charge is -2.40. The minimum Gasteiger partial charge on any atom is -0.385 e. The maximum Gasteiger partial charge on any atom is 0.227 e. The summed E-state index contributed by atoms with van der Waals surface area (Å²) < 4.78 is 5.14. The molecule has 0 spiro atoms. The monoisotopic (exact) mass is 318 g/mol. The summed E-state index contributed by atoms with van der Waals surface area (Å²) in [6, 6.07) is 4.38. The fourth-order valence-electron chi connectivity index (χ4n) is 3.46. The van der Waals surface area contributed by atoms with E-state index in [0.717, 1.165) is 24.1 Å². The van der Waals surface area contributed by atoms with Crippen LogP contribution in [0.3, 0.4) is 0 Å². The lowest BCUT2D eigenvalue weighted by molar-refractivity contribution is -0.120. The van der Waals surface area contributed by atoms with Gasteiger partial charge in [-0.05, 0) is 42.5 Å². The molecule has 4 nitrogen and oxygen atoms in total. The van der Waals surface area contributed by atoms with Crippen molar-refractivity contribution in [2.24, 2.45) is 5.73 Å². The number of nitrogens with zero attached hydrogens (tertiary/aromatic N) is 1. The Morgan fingerprint density at radius 2 is 2.09 bits per heavy atom. The van der Waals surface area contributed by atoms with Gasteiger partial charge in [0.2, 0.25) is 5.91 Å². The van der Waals surface area contributed by atoms with Crippen LogP contribution in [0.5, 0.6) is 0 Å². The average molecular weight is 318 g/mol. The highest BCUT2D eigenvalue weighted by molar-refractivity contribution is 5.98. The van der Waals surface area contributed by atoms with Crippen LogP contribution in [0.2, 0.25) is 0 Å². The van der Waals surface area contributed by atoms with Gasteiger partial charge in [0.15, 0.2) is 0 Å². The van der Waals surface area contributed by atoms with E-state index in [1.165, 1.54) is 11.1 Å². The van der Waals surface area contributed by atoms with E-state index in [4.69, 9.17) is 10.5 Å². The number of hydrogen-bond acceptors (Lipinski definition) is 3. The largest absolute Gasteiger partial charge is 0.385 e. The summed E-state index contributed by atoms with van der Waals surface area (Å²) in [5, 5.41) is 0. The van der Waals surface area contributed by atoms with Gasteiger partial charge in [-0.3, -0.25) is 4.79 Å². The summed E-state index contributed by atoms with van der Waals surface area (Å²) in [6.45, 7) is 9.83. The third-order valence-electron chi connectivity index (χ3n) is 4.77. The Labute approximate surface area is 140 Å². The summed E-state index contributed by atoms with van der Waals surface area (Å²) in [5.41, 5.74) is 10.8. The second kappa shape index (κ2) is 7.02. The first-order chi connectivity index (χ1) is 10.8. The maximum absolute atomic E-state index is 12.7. The Morgan fingerprint density at radius 1 is 1.39 bits per heavy atom. The Morgan fingerprint density at radius 3 is 2.65 bits per heavy atom. The van der Waals surface area contributed by atoms with Crippen molar-refractivity contribution in [1.29, 1.82) is 0 Å². The molecule has 1 aromatic rings. The van der Waals surface area contributed by atoms with E-state index >= 15 is 0 Å². The number of amides is 1. The quantitative estimate of drug-likeness (QED) is 0.819. The molecule has 1 heterocycles. The first-order valence-electron chi connectivity index (χ1n) is 8.54. The molecule has 1 aliphatic heterocycles. The van der Waals surface area contributed by atoms with Crippen LogP contribution in [0.15, 0.2) is 12.1 Å². The highest BCUT2D eigenvalue weighted by Gasteiger charge is 2.37. The number of anilines is 1. The van der Waals surface area contributed by atoms with Crippen LogP contribution in [0.25, 0.3) is 0 Å². The number of nitrogens with two attached hydrogens (primary N) is 1. The minimum atomic E-state index is -0.134. The Kier molecular flexibility index (Phi) is 5.48. The maximum atomic E-state index is 12.7. The van der Waals surface area contributed by atoms with Gasteiger partial charge in [0.05, 0.1) is 0 Å². The van der Waals surface area contributed by atoms with Gasteiger partial charge in [-0.2, -0.15) is 0 Å². The standard InChI is InChI=1S/C19H30N2O2/c1-6-14-10-16-17(11-15(14)13(2)20)21(8-7-9-23-5)18(22)12-19(16,3)4/h10-11,13H,6-9,12,20H2,1-5H3. The number of carbonyl (C=O) groups excluding carboxylic acids is 1. The van der Waals surface area contributed by atoms with Crippen molar-refractivity contribution in [2.75, 3.05) is 25.2 Å². The summed E-state index contributed by atoms with van der Waals surface area (Å²) >= 11 is 0. The van der Waals surface area contributed by atoms with Crippen molar-refractivity contribution in [2.45, 2.75) is 58.4 Å². The zero-order chi connectivity index (χ0) is 17.2. The summed E-state index contributed by atoms with van der Waals surface area (Å²) in [7, 11) is 1.69. The van der Waals surface area contributed by atoms with Crippen molar-refractivity contribution in [3.05, 3.63) is 28.8 Å². The number of fused-ring (bicyclic) bond motifs is 1. The molecule has 0 bridgehead atoms. The van der Waals surface area contributed by atoms with Crippen molar-refractivity contribution in [3.63, 3.8) is 0 Å². The van der Waals surface area contributed by atoms with Gasteiger partial charge in [-0.15, -0.1) is 0 Å². The van der Waals surface area contributed by atoms with E-state index < -0.39 is 0 Å². The van der Waals surface area contributed by atoms with Crippen LogP contribution in [0, 0.1) is 0 Å². The summed E-state index contributed by atoms with van der Waals surface area (Å²) in [6.07, 6.45) is 2.34. The molecule has 2 rings (SSSR count). The molecule has 1 aromatic carbocycles. The number of carbonyl (C=O) groups is 1. The van der Waals surface area contributed by atoms with Crippen LogP contribution in [0.1, 0.15) is 63.3 Å². The van der Waals surface area contributed by atoms with Crippen LogP contribution < -0.4 is 10.6 Å². The van der Waals surface area contributed by atoms with Gasteiger partial charge >= 0.3 is 0 Å². The zero-order valence-corrected chi connectivity index (χ0v) is 15.1. The van der Waals surface area contributed by atoms with E-state index in [-0.39, 0.29) is 17.4 Å². The molecular weight excluding hydrogens is 288 g/mol. The number of rotatable bonds is 6. The van der Waals surface area contributed by atoms with Crippen LogP contribution >= 0.6 is 0 Å². The molecule has 0 fully saturated rings. The van der Waals surface area contributed by atoms with Crippen molar-refractivity contribution >= 4 is 11.6 Å². The van der Waals surface area contributed by atoms with E-state index in [1.54, 1.807) is 7.11 Å². The molecule has 1 aliphatic rings. The van der Waals surface area contributed by atoms with Crippen LogP contribution in [0.4, 0.5) is 5.69 Å². The number of aryl methyl sites for hydroxylation is 1. The van der Waals surface area contributed by atoms with Gasteiger partial charge in [-0.25, -0.2) is 0 Å². The smallest absolute Gasteiger partial charge is 0.227 e. The lowest BCUT2D eigenvalue weighted by atomic mass is 9.75. The highest BCUT2D eigenvalue weighted by atomic mass is 16.5. The molecule has 0 aromatic heterocycles. The number of hydrogen-bond donors (Lipinski definition) is 1. The number of ether oxygens (including phenoxy) is 1. The molecule has 1 amide bonds. The fourth-order valence-corrected chi connectivity index (χ4v) is 3.46. The SMILES string of the molecule is CCc1cc2c(cc1C(C)N)N(CCCOC)C(=O)CC2(C)C. The van der Waals surface area contributed by atoms with E-state index in [0.29, 0.717) is 19.6 Å². The molecule has 128 valence electrons. The van der Waals surface area contributed by atoms with E-state index in [1.807, 2.05) is 11.8 Å². The fraction of sp³-hybridized carbons (Fsp3) is 0.632. The van der Waals surface area contributed by atoms with Crippen LogP contribution in [-0.2, 0) is 21.4 Å². The Hall–Kier alpha value is -1.39. The van der Waals surface area contributed by atoms with Crippen LogP contribution in [-0.4, -0.2) is 26.2 Å². The predicted molar refractivity (Wildman–Crippen MR) is 94.9 cm³/mol. The zero-order valence-electron chi connectivity index (χ0n) is 15.1. The topological polar surface area (TPSA) is 55.6 Å². The minimum absolute atomic E-state index is 0.0313. The second-order valence-electron chi connectivity index (χ2n) is 7.16. The molecule has 1 unspecified atom stereocenters. The normalized spacial score (nSPS) is 18.0. The average Bonchev–Trinajstić information content (AvgIpc) is 2.48. The first-order valence-corrected chi connectivity index (χ1v) is 8.54.